The van der Waals surface area contributed by atoms with Gasteiger partial charge in [0.1, 0.15) is 6.10 Å². The third-order valence-electron chi connectivity index (χ3n) is 11.2. The summed E-state index contributed by atoms with van der Waals surface area (Å²) in [5.41, 5.74) is 0. The molecular formula is C53H95NO5. The largest absolute Gasteiger partial charge is 0.462 e. The highest BCUT2D eigenvalue weighted by atomic mass is 16.5. The highest BCUT2D eigenvalue weighted by molar-refractivity contribution is 5.77. The van der Waals surface area contributed by atoms with Gasteiger partial charge in [-0.25, -0.2) is 0 Å². The fourth-order valence-electron chi connectivity index (χ4n) is 7.38. The average molecular weight is 826 g/mol. The summed E-state index contributed by atoms with van der Waals surface area (Å²) < 4.78 is 5.88. The maximum atomic E-state index is 13.1. The van der Waals surface area contributed by atoms with Crippen LogP contribution in [0.1, 0.15) is 239 Å². The van der Waals surface area contributed by atoms with Crippen LogP contribution in [0.5, 0.6) is 0 Å². The van der Waals surface area contributed by atoms with Crippen molar-refractivity contribution in [2.24, 2.45) is 0 Å². The molecule has 3 unspecified atom stereocenters. The van der Waals surface area contributed by atoms with E-state index < -0.39 is 18.2 Å². The van der Waals surface area contributed by atoms with E-state index in [4.69, 9.17) is 4.74 Å². The number of allylic oxidation sites excluding steroid dienone is 10. The number of hydrogen-bond acceptors (Lipinski definition) is 5. The van der Waals surface area contributed by atoms with E-state index >= 15 is 0 Å². The summed E-state index contributed by atoms with van der Waals surface area (Å²) >= 11 is 0. The highest BCUT2D eigenvalue weighted by Crippen LogP contribution is 2.17. The summed E-state index contributed by atoms with van der Waals surface area (Å²) in [4.78, 5) is 26.0. The first-order chi connectivity index (χ1) is 29.0. The molecule has 0 saturated carbocycles. The number of esters is 1. The summed E-state index contributed by atoms with van der Waals surface area (Å²) in [7, 11) is 0. The van der Waals surface area contributed by atoms with Crippen molar-refractivity contribution < 1.29 is 24.5 Å². The molecule has 0 aromatic rings. The van der Waals surface area contributed by atoms with Gasteiger partial charge in [0.05, 0.1) is 25.2 Å². The molecule has 0 heterocycles. The lowest BCUT2D eigenvalue weighted by atomic mass is 10.0. The molecule has 0 saturated heterocycles. The van der Waals surface area contributed by atoms with E-state index in [0.29, 0.717) is 19.3 Å². The fraction of sp³-hybridized carbons (Fsp3) is 0.774. The van der Waals surface area contributed by atoms with Crippen LogP contribution >= 0.6 is 0 Å². The zero-order valence-electron chi connectivity index (χ0n) is 38.9. The minimum Gasteiger partial charge on any atom is -0.462 e. The Bertz CT molecular complexity index is 1060. The van der Waals surface area contributed by atoms with Gasteiger partial charge in [0.25, 0.3) is 0 Å². The third kappa shape index (κ3) is 42.1. The standard InChI is InChI=1S/C53H95NO5/c1-4-7-10-13-16-19-22-23-24-25-26-27-28-31-34-37-40-43-46-53(58)59-49(44-41-38-35-32-29-20-17-14-11-8-5-2)47-52(57)54-50(48-55)51(56)45-42-39-36-33-30-21-18-15-12-9-6-3/h8,11,14,17,20,26-27,29,32,35,49-51,55-56H,4-7,9-10,12-13,15-16,18-19,21-25,28,30-31,33-34,36-48H2,1-3H3,(H,54,57)/b11-8+,17-14+,27-26+,29-20-,35-32-. The maximum Gasteiger partial charge on any atom is 0.306 e. The molecule has 0 aromatic heterocycles. The average Bonchev–Trinajstić information content (AvgIpc) is 3.23. The number of hydrogen-bond donors (Lipinski definition) is 3. The molecule has 1 amide bonds. The number of aliphatic hydroxyl groups is 2. The summed E-state index contributed by atoms with van der Waals surface area (Å²) in [5, 5.41) is 23.6. The molecule has 6 nitrogen and oxygen atoms in total. The van der Waals surface area contributed by atoms with Crippen LogP contribution in [0, 0.1) is 0 Å². The number of rotatable bonds is 44. The molecule has 3 atom stereocenters. The normalized spacial score (nSPS) is 13.8. The van der Waals surface area contributed by atoms with Crippen molar-refractivity contribution >= 4 is 11.9 Å². The van der Waals surface area contributed by atoms with Gasteiger partial charge in [-0.1, -0.05) is 223 Å². The predicted molar refractivity (Wildman–Crippen MR) is 255 cm³/mol. The summed E-state index contributed by atoms with van der Waals surface area (Å²) in [6, 6.07) is -0.724. The van der Waals surface area contributed by atoms with Crippen molar-refractivity contribution in [3.63, 3.8) is 0 Å². The molecule has 342 valence electrons. The smallest absolute Gasteiger partial charge is 0.306 e. The molecule has 0 fully saturated rings. The Labute approximate surface area is 365 Å². The third-order valence-corrected chi connectivity index (χ3v) is 11.2. The minimum atomic E-state index is -0.806. The van der Waals surface area contributed by atoms with E-state index in [2.05, 4.69) is 50.4 Å². The Morgan fingerprint density at radius 3 is 1.46 bits per heavy atom. The molecule has 0 aliphatic carbocycles. The van der Waals surface area contributed by atoms with Crippen LogP contribution in [0.15, 0.2) is 60.8 Å². The maximum absolute atomic E-state index is 13.1. The van der Waals surface area contributed by atoms with Crippen LogP contribution in [0.3, 0.4) is 0 Å². The van der Waals surface area contributed by atoms with Gasteiger partial charge in [0.15, 0.2) is 0 Å². The topological polar surface area (TPSA) is 95.9 Å². The van der Waals surface area contributed by atoms with E-state index in [1.165, 1.54) is 128 Å². The van der Waals surface area contributed by atoms with Crippen molar-refractivity contribution in [3.8, 4) is 0 Å². The zero-order chi connectivity index (χ0) is 43.1. The molecule has 0 rings (SSSR count). The van der Waals surface area contributed by atoms with Crippen molar-refractivity contribution in [2.45, 2.75) is 257 Å². The lowest BCUT2D eigenvalue weighted by molar-refractivity contribution is -0.151. The number of carbonyl (C=O) groups is 2. The Morgan fingerprint density at radius 2 is 0.949 bits per heavy atom. The van der Waals surface area contributed by atoms with Crippen LogP contribution < -0.4 is 5.32 Å². The zero-order valence-corrected chi connectivity index (χ0v) is 38.9. The van der Waals surface area contributed by atoms with Crippen LogP contribution in [0.4, 0.5) is 0 Å². The van der Waals surface area contributed by atoms with Crippen LogP contribution in [-0.4, -0.2) is 46.9 Å². The lowest BCUT2D eigenvalue weighted by Crippen LogP contribution is -2.46. The quantitative estimate of drug-likeness (QED) is 0.0246. The van der Waals surface area contributed by atoms with Gasteiger partial charge in [-0.15, -0.1) is 0 Å². The van der Waals surface area contributed by atoms with Crippen LogP contribution in [0.2, 0.25) is 0 Å². The van der Waals surface area contributed by atoms with Gasteiger partial charge in [-0.2, -0.15) is 0 Å². The molecule has 0 aromatic carbocycles. The van der Waals surface area contributed by atoms with Crippen molar-refractivity contribution in [2.75, 3.05) is 6.61 Å². The number of aliphatic hydroxyl groups excluding tert-OH is 2. The summed E-state index contributed by atoms with van der Waals surface area (Å²) in [6.07, 6.45) is 57.2. The Balaban J connectivity index is 4.59. The Kier molecular flexibility index (Phi) is 44.7. The molecule has 0 aliphatic rings. The molecule has 0 aliphatic heterocycles. The SMILES string of the molecule is CC/C=C/C=C/C=C\C=C/CCCC(CC(=O)NC(CO)C(O)CCCCCCCCCCCCC)OC(=O)CCCCCCC/C=C/CCCCCCCCCCC. The fourth-order valence-corrected chi connectivity index (χ4v) is 7.38. The second kappa shape index (κ2) is 46.6. The molecule has 0 radical (unpaired) electrons. The van der Waals surface area contributed by atoms with Crippen LogP contribution in [-0.2, 0) is 14.3 Å². The van der Waals surface area contributed by atoms with Crippen LogP contribution in [0.25, 0.3) is 0 Å². The van der Waals surface area contributed by atoms with Gasteiger partial charge >= 0.3 is 5.97 Å². The second-order valence-electron chi connectivity index (χ2n) is 16.9. The van der Waals surface area contributed by atoms with Gasteiger partial charge in [-0.3, -0.25) is 9.59 Å². The van der Waals surface area contributed by atoms with E-state index in [0.717, 1.165) is 64.2 Å². The molecular weight excluding hydrogens is 731 g/mol. The predicted octanol–water partition coefficient (Wildman–Crippen LogP) is 14.8. The number of ether oxygens (including phenoxy) is 1. The van der Waals surface area contributed by atoms with Crippen molar-refractivity contribution in [1.29, 1.82) is 0 Å². The van der Waals surface area contributed by atoms with E-state index in [9.17, 15) is 19.8 Å². The first-order valence-corrected chi connectivity index (χ1v) is 25.1. The minimum absolute atomic E-state index is 0.0275. The lowest BCUT2D eigenvalue weighted by Gasteiger charge is -2.24. The number of carbonyl (C=O) groups excluding carboxylic acids is 2. The van der Waals surface area contributed by atoms with Gasteiger partial charge < -0.3 is 20.3 Å². The first kappa shape index (κ1) is 56.6. The first-order valence-electron chi connectivity index (χ1n) is 25.1. The Morgan fingerprint density at radius 1 is 0.508 bits per heavy atom. The monoisotopic (exact) mass is 826 g/mol. The number of unbranched alkanes of at least 4 members (excludes halogenated alkanes) is 25. The van der Waals surface area contributed by atoms with E-state index in [1.807, 2.05) is 36.5 Å². The van der Waals surface area contributed by atoms with E-state index in [-0.39, 0.29) is 24.9 Å². The van der Waals surface area contributed by atoms with Crippen molar-refractivity contribution in [3.05, 3.63) is 60.8 Å². The molecule has 0 spiro atoms. The molecule has 0 bridgehead atoms. The molecule has 59 heavy (non-hydrogen) atoms. The van der Waals surface area contributed by atoms with E-state index in [1.54, 1.807) is 0 Å². The second-order valence-corrected chi connectivity index (χ2v) is 16.9. The van der Waals surface area contributed by atoms with Gasteiger partial charge in [0.2, 0.25) is 5.91 Å². The summed E-state index contributed by atoms with van der Waals surface area (Å²) in [5.74, 6) is -0.552. The summed E-state index contributed by atoms with van der Waals surface area (Å²) in [6.45, 7) is 6.31. The number of nitrogens with one attached hydrogen (secondary N) is 1. The van der Waals surface area contributed by atoms with Crippen molar-refractivity contribution in [1.82, 2.24) is 5.32 Å². The van der Waals surface area contributed by atoms with Gasteiger partial charge in [-0.05, 0) is 64.2 Å². The number of amides is 1. The molecule has 3 N–H and O–H groups in total. The molecule has 6 heteroatoms. The highest BCUT2D eigenvalue weighted by Gasteiger charge is 2.24. The Hall–Kier alpha value is -2.44. The van der Waals surface area contributed by atoms with Gasteiger partial charge in [0, 0.05) is 6.42 Å².